The van der Waals surface area contributed by atoms with Gasteiger partial charge in [0.15, 0.2) is 0 Å². The van der Waals surface area contributed by atoms with Gasteiger partial charge in [-0.05, 0) is 24.3 Å². The predicted octanol–water partition coefficient (Wildman–Crippen LogP) is 4.14. The standard InChI is InChI=1S/C18H13FN4O/c19-15-8-12(24-11-4-2-1-3-5-11)6-7-13(15)14-9-21-18-16(14)17(20)22-10-23-18/h1-10H,(H3,20,21,22,23). The maximum Gasteiger partial charge on any atom is 0.143 e. The van der Waals surface area contributed by atoms with Crippen molar-refractivity contribution in [2.24, 2.45) is 0 Å². The predicted molar refractivity (Wildman–Crippen MR) is 90.2 cm³/mol. The number of hydrogen-bond acceptors (Lipinski definition) is 4. The zero-order valence-electron chi connectivity index (χ0n) is 12.5. The van der Waals surface area contributed by atoms with Crippen LogP contribution in [0.4, 0.5) is 10.2 Å². The normalized spacial score (nSPS) is 10.9. The molecule has 3 N–H and O–H groups in total. The van der Waals surface area contributed by atoms with E-state index >= 15 is 0 Å². The van der Waals surface area contributed by atoms with Crippen molar-refractivity contribution in [2.75, 3.05) is 5.73 Å². The number of fused-ring (bicyclic) bond motifs is 1. The summed E-state index contributed by atoms with van der Waals surface area (Å²) in [6, 6.07) is 13.9. The summed E-state index contributed by atoms with van der Waals surface area (Å²) in [6.45, 7) is 0. The molecule has 24 heavy (non-hydrogen) atoms. The SMILES string of the molecule is Nc1ncnc2[nH]cc(-c3ccc(Oc4ccccc4)cc3F)c12. The minimum absolute atomic E-state index is 0.306. The van der Waals surface area contributed by atoms with Gasteiger partial charge in [-0.1, -0.05) is 18.2 Å². The first kappa shape index (κ1) is 14.2. The van der Waals surface area contributed by atoms with Crippen LogP contribution in [0.3, 0.4) is 0 Å². The number of nitrogen functional groups attached to an aromatic ring is 1. The number of halogens is 1. The van der Waals surface area contributed by atoms with Crippen LogP contribution in [0.1, 0.15) is 0 Å². The van der Waals surface area contributed by atoms with Gasteiger partial charge in [0.25, 0.3) is 0 Å². The van der Waals surface area contributed by atoms with Crippen molar-refractivity contribution in [3.05, 3.63) is 66.9 Å². The smallest absolute Gasteiger partial charge is 0.143 e. The zero-order chi connectivity index (χ0) is 16.5. The summed E-state index contributed by atoms with van der Waals surface area (Å²) in [5.41, 5.74) is 7.50. The molecule has 0 spiro atoms. The number of anilines is 1. The van der Waals surface area contributed by atoms with Crippen LogP contribution in [-0.2, 0) is 0 Å². The second-order valence-corrected chi connectivity index (χ2v) is 5.24. The van der Waals surface area contributed by atoms with Gasteiger partial charge in [0, 0.05) is 23.4 Å². The number of ether oxygens (including phenoxy) is 1. The first-order chi connectivity index (χ1) is 11.7. The number of rotatable bonds is 3. The average molecular weight is 320 g/mol. The fraction of sp³-hybridized carbons (Fsp3) is 0. The van der Waals surface area contributed by atoms with Crippen LogP contribution in [0.25, 0.3) is 22.2 Å². The molecule has 5 nitrogen and oxygen atoms in total. The Kier molecular flexibility index (Phi) is 3.35. The van der Waals surface area contributed by atoms with Crippen LogP contribution >= 0.6 is 0 Å². The molecule has 4 rings (SSSR count). The van der Waals surface area contributed by atoms with Gasteiger partial charge in [-0.25, -0.2) is 14.4 Å². The van der Waals surface area contributed by atoms with E-state index in [9.17, 15) is 4.39 Å². The molecule has 0 aliphatic rings. The van der Waals surface area contributed by atoms with Gasteiger partial charge < -0.3 is 15.5 Å². The molecule has 2 aromatic carbocycles. The third kappa shape index (κ3) is 2.44. The third-order valence-electron chi connectivity index (χ3n) is 3.71. The lowest BCUT2D eigenvalue weighted by atomic mass is 10.1. The molecule has 0 radical (unpaired) electrons. The second kappa shape index (κ2) is 5.66. The molecule has 0 aliphatic carbocycles. The summed E-state index contributed by atoms with van der Waals surface area (Å²) in [6.07, 6.45) is 3.04. The highest BCUT2D eigenvalue weighted by Gasteiger charge is 2.15. The Bertz CT molecular complexity index is 1010. The number of H-pyrrole nitrogens is 1. The molecule has 6 heteroatoms. The first-order valence-corrected chi connectivity index (χ1v) is 7.33. The molecule has 2 heterocycles. The molecule has 2 aromatic heterocycles. The van der Waals surface area contributed by atoms with E-state index < -0.39 is 5.82 Å². The quantitative estimate of drug-likeness (QED) is 0.595. The topological polar surface area (TPSA) is 76.8 Å². The highest BCUT2D eigenvalue weighted by Crippen LogP contribution is 2.34. The highest BCUT2D eigenvalue weighted by atomic mass is 19.1. The number of hydrogen-bond donors (Lipinski definition) is 2. The van der Waals surface area contributed by atoms with Crippen LogP contribution < -0.4 is 10.5 Å². The number of nitrogens with one attached hydrogen (secondary N) is 1. The summed E-state index contributed by atoms with van der Waals surface area (Å²) >= 11 is 0. The summed E-state index contributed by atoms with van der Waals surface area (Å²) in [5, 5.41) is 0.605. The molecule has 0 atom stereocenters. The van der Waals surface area contributed by atoms with Crippen molar-refractivity contribution in [1.82, 2.24) is 15.0 Å². The van der Waals surface area contributed by atoms with Gasteiger partial charge in [0.1, 0.15) is 35.1 Å². The Morgan fingerprint density at radius 2 is 1.79 bits per heavy atom. The maximum atomic E-state index is 14.6. The molecule has 0 saturated heterocycles. The van der Waals surface area contributed by atoms with Crippen LogP contribution in [0.15, 0.2) is 61.1 Å². The Labute approximate surface area is 136 Å². The fourth-order valence-electron chi connectivity index (χ4n) is 2.60. The Morgan fingerprint density at radius 3 is 2.58 bits per heavy atom. The van der Waals surface area contributed by atoms with Crippen molar-refractivity contribution in [1.29, 1.82) is 0 Å². The second-order valence-electron chi connectivity index (χ2n) is 5.24. The first-order valence-electron chi connectivity index (χ1n) is 7.33. The van der Waals surface area contributed by atoms with E-state index in [1.807, 2.05) is 30.3 Å². The third-order valence-corrected chi connectivity index (χ3v) is 3.71. The van der Waals surface area contributed by atoms with Gasteiger partial charge in [-0.2, -0.15) is 0 Å². The van der Waals surface area contributed by atoms with Crippen molar-refractivity contribution in [2.45, 2.75) is 0 Å². The molecule has 0 aliphatic heterocycles. The fourth-order valence-corrected chi connectivity index (χ4v) is 2.60. The Morgan fingerprint density at radius 1 is 0.958 bits per heavy atom. The van der Waals surface area contributed by atoms with E-state index in [0.29, 0.717) is 39.5 Å². The Hall–Kier alpha value is -3.41. The van der Waals surface area contributed by atoms with Crippen molar-refractivity contribution < 1.29 is 9.13 Å². The molecular formula is C18H13FN4O. The monoisotopic (exact) mass is 320 g/mol. The average Bonchev–Trinajstić information content (AvgIpc) is 3.01. The van der Waals surface area contributed by atoms with E-state index in [1.54, 1.807) is 18.3 Å². The van der Waals surface area contributed by atoms with Crippen LogP contribution in [0.2, 0.25) is 0 Å². The van der Waals surface area contributed by atoms with Gasteiger partial charge in [-0.3, -0.25) is 0 Å². The lowest BCUT2D eigenvalue weighted by molar-refractivity contribution is 0.477. The number of nitrogens with two attached hydrogens (primary N) is 1. The van der Waals surface area contributed by atoms with E-state index in [0.717, 1.165) is 0 Å². The molecule has 0 bridgehead atoms. The van der Waals surface area contributed by atoms with E-state index in [4.69, 9.17) is 10.5 Å². The molecule has 4 aromatic rings. The van der Waals surface area contributed by atoms with Gasteiger partial charge in [0.2, 0.25) is 0 Å². The van der Waals surface area contributed by atoms with Crippen molar-refractivity contribution in [3.8, 4) is 22.6 Å². The van der Waals surface area contributed by atoms with Gasteiger partial charge >= 0.3 is 0 Å². The van der Waals surface area contributed by atoms with Crippen molar-refractivity contribution >= 4 is 16.9 Å². The summed E-state index contributed by atoms with van der Waals surface area (Å²) < 4.78 is 20.2. The van der Waals surface area contributed by atoms with Gasteiger partial charge in [-0.15, -0.1) is 0 Å². The van der Waals surface area contributed by atoms with E-state index in [1.165, 1.54) is 12.4 Å². The maximum absolute atomic E-state index is 14.6. The highest BCUT2D eigenvalue weighted by molar-refractivity contribution is 6.00. The molecular weight excluding hydrogens is 307 g/mol. The molecule has 0 amide bonds. The molecule has 0 fully saturated rings. The van der Waals surface area contributed by atoms with E-state index in [-0.39, 0.29) is 0 Å². The number of aromatic amines is 1. The largest absolute Gasteiger partial charge is 0.457 e. The molecule has 0 unspecified atom stereocenters. The van der Waals surface area contributed by atoms with Crippen LogP contribution in [0.5, 0.6) is 11.5 Å². The minimum Gasteiger partial charge on any atom is -0.457 e. The lowest BCUT2D eigenvalue weighted by Gasteiger charge is -2.08. The molecule has 0 saturated carbocycles. The Balaban J connectivity index is 1.74. The molecule has 118 valence electrons. The minimum atomic E-state index is -0.410. The summed E-state index contributed by atoms with van der Waals surface area (Å²) in [4.78, 5) is 11.0. The van der Waals surface area contributed by atoms with Gasteiger partial charge in [0.05, 0.1) is 5.39 Å². The van der Waals surface area contributed by atoms with Crippen LogP contribution in [0, 0.1) is 5.82 Å². The van der Waals surface area contributed by atoms with Crippen molar-refractivity contribution in [3.63, 3.8) is 0 Å². The zero-order valence-corrected chi connectivity index (χ0v) is 12.5. The summed E-state index contributed by atoms with van der Waals surface area (Å²) in [7, 11) is 0. The summed E-state index contributed by atoms with van der Waals surface area (Å²) in [5.74, 6) is 0.966. The lowest BCUT2D eigenvalue weighted by Crippen LogP contribution is -1.93. The number of benzene rings is 2. The van der Waals surface area contributed by atoms with E-state index in [2.05, 4.69) is 15.0 Å². The number of nitrogens with zero attached hydrogens (tertiary/aromatic N) is 2. The number of para-hydroxylation sites is 1. The number of aromatic nitrogens is 3. The van der Waals surface area contributed by atoms with Crippen LogP contribution in [-0.4, -0.2) is 15.0 Å².